The molecule has 4 heterocycles. The lowest BCUT2D eigenvalue weighted by Crippen LogP contribution is -2.35. The van der Waals surface area contributed by atoms with Crippen LogP contribution in [0.15, 0.2) is 24.4 Å². The molecule has 3 aromatic heterocycles. The van der Waals surface area contributed by atoms with Crippen LogP contribution in [-0.2, 0) is 0 Å². The number of piperidine rings is 1. The molecule has 1 aliphatic carbocycles. The molecule has 130 valence electrons. The average Bonchev–Trinajstić information content (AvgIpc) is 3.41. The summed E-state index contributed by atoms with van der Waals surface area (Å²) < 4.78 is 6.79. The SMILES string of the molecule is c1ccn2c(C3CCCN(c4nc(C5CCCC5)ns4)C3)nnc2c1. The van der Waals surface area contributed by atoms with Gasteiger partial charge in [0.1, 0.15) is 11.6 Å². The first-order valence-electron chi connectivity index (χ1n) is 9.27. The molecule has 25 heavy (non-hydrogen) atoms. The lowest BCUT2D eigenvalue weighted by Gasteiger charge is -2.31. The minimum Gasteiger partial charge on any atom is -0.346 e. The van der Waals surface area contributed by atoms with Gasteiger partial charge in [0.2, 0.25) is 5.13 Å². The van der Waals surface area contributed by atoms with E-state index in [9.17, 15) is 0 Å². The van der Waals surface area contributed by atoms with Crippen molar-refractivity contribution in [3.05, 3.63) is 36.0 Å². The molecular weight excluding hydrogens is 332 g/mol. The fourth-order valence-corrected chi connectivity index (χ4v) is 4.99. The topological polar surface area (TPSA) is 59.2 Å². The number of fused-ring (bicyclic) bond motifs is 1. The summed E-state index contributed by atoms with van der Waals surface area (Å²) in [6.45, 7) is 2.02. The van der Waals surface area contributed by atoms with E-state index < -0.39 is 0 Å². The molecule has 2 aliphatic rings. The number of pyridine rings is 1. The Balaban J connectivity index is 1.37. The van der Waals surface area contributed by atoms with E-state index >= 15 is 0 Å². The van der Waals surface area contributed by atoms with Crippen LogP contribution in [0.25, 0.3) is 5.65 Å². The van der Waals surface area contributed by atoms with Gasteiger partial charge in [-0.2, -0.15) is 4.37 Å². The van der Waals surface area contributed by atoms with Crippen LogP contribution < -0.4 is 4.90 Å². The van der Waals surface area contributed by atoms with E-state index in [0.717, 1.165) is 48.4 Å². The summed E-state index contributed by atoms with van der Waals surface area (Å²) in [5.74, 6) is 3.13. The summed E-state index contributed by atoms with van der Waals surface area (Å²) in [7, 11) is 0. The molecule has 1 aliphatic heterocycles. The first-order chi connectivity index (χ1) is 12.4. The first kappa shape index (κ1) is 15.3. The van der Waals surface area contributed by atoms with Crippen molar-refractivity contribution in [2.45, 2.75) is 50.4 Å². The van der Waals surface area contributed by atoms with Gasteiger partial charge in [0.05, 0.1) is 0 Å². The van der Waals surface area contributed by atoms with E-state index in [1.807, 2.05) is 18.2 Å². The van der Waals surface area contributed by atoms with Crippen LogP contribution >= 0.6 is 11.5 Å². The van der Waals surface area contributed by atoms with E-state index in [2.05, 4.69) is 30.1 Å². The summed E-state index contributed by atoms with van der Waals surface area (Å²) in [5, 5.41) is 9.87. The zero-order chi connectivity index (χ0) is 16.6. The van der Waals surface area contributed by atoms with Crippen molar-refractivity contribution in [2.75, 3.05) is 18.0 Å². The molecule has 3 aromatic rings. The molecule has 5 rings (SSSR count). The summed E-state index contributed by atoms with van der Waals surface area (Å²) in [6.07, 6.45) is 9.53. The van der Waals surface area contributed by atoms with Gasteiger partial charge in [-0.3, -0.25) is 4.40 Å². The number of aromatic nitrogens is 5. The zero-order valence-electron chi connectivity index (χ0n) is 14.2. The lowest BCUT2D eigenvalue weighted by molar-refractivity contribution is 0.487. The van der Waals surface area contributed by atoms with Gasteiger partial charge in [-0.25, -0.2) is 4.98 Å². The van der Waals surface area contributed by atoms with Crippen LogP contribution in [0.3, 0.4) is 0 Å². The highest BCUT2D eigenvalue weighted by molar-refractivity contribution is 7.09. The molecule has 0 radical (unpaired) electrons. The number of hydrogen-bond acceptors (Lipinski definition) is 6. The Kier molecular flexibility index (Phi) is 3.88. The molecule has 2 fully saturated rings. The highest BCUT2D eigenvalue weighted by Gasteiger charge is 2.28. The van der Waals surface area contributed by atoms with Crippen molar-refractivity contribution in [2.24, 2.45) is 0 Å². The van der Waals surface area contributed by atoms with Crippen LogP contribution in [0.5, 0.6) is 0 Å². The third kappa shape index (κ3) is 2.80. The molecule has 1 saturated carbocycles. The van der Waals surface area contributed by atoms with Crippen molar-refractivity contribution in [1.82, 2.24) is 24.0 Å². The summed E-state index contributed by atoms with van der Waals surface area (Å²) >= 11 is 1.57. The summed E-state index contributed by atoms with van der Waals surface area (Å²) in [5.41, 5.74) is 0.925. The van der Waals surface area contributed by atoms with E-state index in [1.54, 1.807) is 11.5 Å². The maximum absolute atomic E-state index is 4.88. The highest BCUT2D eigenvalue weighted by Crippen LogP contribution is 2.36. The van der Waals surface area contributed by atoms with Crippen molar-refractivity contribution in [1.29, 1.82) is 0 Å². The number of hydrogen-bond donors (Lipinski definition) is 0. The second-order valence-corrected chi connectivity index (χ2v) is 7.92. The smallest absolute Gasteiger partial charge is 0.205 e. The Morgan fingerprint density at radius 2 is 1.88 bits per heavy atom. The predicted octanol–water partition coefficient (Wildman–Crippen LogP) is 3.62. The molecule has 6 nitrogen and oxygen atoms in total. The van der Waals surface area contributed by atoms with Gasteiger partial charge >= 0.3 is 0 Å². The molecule has 0 amide bonds. The monoisotopic (exact) mass is 354 g/mol. The second kappa shape index (κ2) is 6.37. The predicted molar refractivity (Wildman–Crippen MR) is 98.3 cm³/mol. The number of anilines is 1. The van der Waals surface area contributed by atoms with Crippen molar-refractivity contribution >= 4 is 22.3 Å². The molecule has 1 unspecified atom stereocenters. The molecule has 0 bridgehead atoms. The van der Waals surface area contributed by atoms with Crippen LogP contribution in [0.4, 0.5) is 5.13 Å². The van der Waals surface area contributed by atoms with Gasteiger partial charge in [-0.15, -0.1) is 10.2 Å². The van der Waals surface area contributed by atoms with Crippen molar-refractivity contribution < 1.29 is 0 Å². The number of nitrogens with zero attached hydrogens (tertiary/aromatic N) is 6. The van der Waals surface area contributed by atoms with Crippen molar-refractivity contribution in [3.63, 3.8) is 0 Å². The van der Waals surface area contributed by atoms with E-state index in [0.29, 0.717) is 11.8 Å². The Labute approximate surface area is 151 Å². The third-order valence-electron chi connectivity index (χ3n) is 5.55. The zero-order valence-corrected chi connectivity index (χ0v) is 15.0. The van der Waals surface area contributed by atoms with E-state index in [1.165, 1.54) is 25.7 Å². The minimum absolute atomic E-state index is 0.394. The normalized spacial score (nSPS) is 22.1. The maximum atomic E-state index is 4.88. The Hall–Kier alpha value is -2.02. The van der Waals surface area contributed by atoms with Gasteiger partial charge in [0.25, 0.3) is 0 Å². The fraction of sp³-hybridized carbons (Fsp3) is 0.556. The molecule has 7 heteroatoms. The Bertz CT molecular complexity index is 865. The largest absolute Gasteiger partial charge is 0.346 e. The van der Waals surface area contributed by atoms with Crippen LogP contribution in [-0.4, -0.2) is 37.0 Å². The quantitative estimate of drug-likeness (QED) is 0.719. The average molecular weight is 354 g/mol. The van der Waals surface area contributed by atoms with Gasteiger partial charge < -0.3 is 4.90 Å². The highest BCUT2D eigenvalue weighted by atomic mass is 32.1. The molecule has 1 atom stereocenters. The van der Waals surface area contributed by atoms with E-state index in [4.69, 9.17) is 4.98 Å². The van der Waals surface area contributed by atoms with Crippen molar-refractivity contribution in [3.8, 4) is 0 Å². The van der Waals surface area contributed by atoms with E-state index in [-0.39, 0.29) is 0 Å². The van der Waals surface area contributed by atoms with Gasteiger partial charge in [0, 0.05) is 42.7 Å². The number of rotatable bonds is 3. The van der Waals surface area contributed by atoms with Crippen LogP contribution in [0.1, 0.15) is 62.0 Å². The summed E-state index contributed by atoms with van der Waals surface area (Å²) in [4.78, 5) is 7.28. The first-order valence-corrected chi connectivity index (χ1v) is 10.0. The minimum atomic E-state index is 0.394. The van der Waals surface area contributed by atoms with Gasteiger partial charge in [-0.1, -0.05) is 18.9 Å². The molecular formula is C18H22N6S. The van der Waals surface area contributed by atoms with Gasteiger partial charge in [-0.05, 0) is 37.8 Å². The summed E-state index contributed by atoms with van der Waals surface area (Å²) in [6, 6.07) is 6.06. The molecule has 0 aromatic carbocycles. The molecule has 0 N–H and O–H groups in total. The third-order valence-corrected chi connectivity index (χ3v) is 6.34. The Morgan fingerprint density at radius 3 is 2.80 bits per heavy atom. The molecule has 0 spiro atoms. The Morgan fingerprint density at radius 1 is 1.00 bits per heavy atom. The fourth-order valence-electron chi connectivity index (χ4n) is 4.20. The standard InChI is InChI=1S/C18H22N6S/c1-2-7-13(6-1)16-19-18(25-22-16)23-10-5-8-14(12-23)17-21-20-15-9-3-4-11-24(15)17/h3-4,9,11,13-14H,1-2,5-8,10,12H2. The maximum Gasteiger partial charge on any atom is 0.205 e. The van der Waals surface area contributed by atoms with Crippen LogP contribution in [0.2, 0.25) is 0 Å². The van der Waals surface area contributed by atoms with Gasteiger partial charge in [0.15, 0.2) is 5.65 Å². The lowest BCUT2D eigenvalue weighted by atomic mass is 9.97. The second-order valence-electron chi connectivity index (χ2n) is 7.19. The molecule has 1 saturated heterocycles. The van der Waals surface area contributed by atoms with Crippen LogP contribution in [0, 0.1) is 0 Å².